The van der Waals surface area contributed by atoms with Crippen molar-refractivity contribution in [1.29, 1.82) is 0 Å². The molecule has 0 fully saturated rings. The maximum Gasteiger partial charge on any atom is 0.282 e. The summed E-state index contributed by atoms with van der Waals surface area (Å²) >= 11 is 0. The molecule has 104 valence electrons. The molecule has 0 atom stereocenters. The molecule has 0 unspecified atom stereocenters. The van der Waals surface area contributed by atoms with Gasteiger partial charge in [0.2, 0.25) is 0 Å². The molecule has 0 saturated carbocycles. The smallest absolute Gasteiger partial charge is 0.267 e. The Labute approximate surface area is 117 Å². The number of hydrogen-bond acceptors (Lipinski definition) is 3. The van der Waals surface area contributed by atoms with Crippen molar-refractivity contribution in [3.8, 4) is 0 Å². The first kappa shape index (κ1) is 13.0. The molecule has 0 aliphatic carbocycles. The van der Waals surface area contributed by atoms with E-state index in [2.05, 4.69) is 5.10 Å². The van der Waals surface area contributed by atoms with E-state index < -0.39 is 22.8 Å². The Kier molecular flexibility index (Phi) is 2.98. The monoisotopic (exact) mass is 284 g/mol. The topological polar surface area (TPSA) is 71.9 Å². The number of carbonyl (C=O) groups is 1. The van der Waals surface area contributed by atoms with Crippen molar-refractivity contribution in [3.05, 3.63) is 80.6 Å². The molecular weight excluding hydrogens is 275 g/mol. The van der Waals surface area contributed by atoms with Crippen molar-refractivity contribution >= 4 is 16.7 Å². The van der Waals surface area contributed by atoms with E-state index in [4.69, 9.17) is 0 Å². The first-order valence-corrected chi connectivity index (χ1v) is 6.13. The zero-order chi connectivity index (χ0) is 15.0. The lowest BCUT2D eigenvalue weighted by Crippen LogP contribution is -2.35. The lowest BCUT2D eigenvalue weighted by Gasteiger charge is -2.06. The van der Waals surface area contributed by atoms with Crippen LogP contribution < -0.4 is 11.1 Å². The second kappa shape index (κ2) is 4.82. The largest absolute Gasteiger partial charge is 0.282 e. The molecule has 0 bridgehead atoms. The molecular formula is C15H9FN2O3. The van der Waals surface area contributed by atoms with Crippen LogP contribution in [-0.2, 0) is 0 Å². The van der Waals surface area contributed by atoms with Gasteiger partial charge in [-0.25, -0.2) is 4.39 Å². The maximum absolute atomic E-state index is 13.6. The van der Waals surface area contributed by atoms with Gasteiger partial charge in [-0.1, -0.05) is 24.3 Å². The van der Waals surface area contributed by atoms with E-state index in [1.165, 1.54) is 30.3 Å². The van der Waals surface area contributed by atoms with Crippen LogP contribution in [0.4, 0.5) is 4.39 Å². The number of carbonyl (C=O) groups excluding carboxylic acids is 1. The summed E-state index contributed by atoms with van der Waals surface area (Å²) in [4.78, 5) is 36.4. The summed E-state index contributed by atoms with van der Waals surface area (Å²) in [5, 5.41) is 2.46. The van der Waals surface area contributed by atoms with Gasteiger partial charge in [0.25, 0.3) is 17.0 Å². The highest BCUT2D eigenvalue weighted by Gasteiger charge is 2.17. The molecule has 1 heterocycles. The number of rotatable bonds is 1. The third kappa shape index (κ3) is 2.06. The first-order valence-electron chi connectivity index (χ1n) is 6.13. The minimum absolute atomic E-state index is 0.103. The predicted molar refractivity (Wildman–Crippen MR) is 75.0 cm³/mol. The Morgan fingerprint density at radius 1 is 0.952 bits per heavy atom. The van der Waals surface area contributed by atoms with Crippen molar-refractivity contribution < 1.29 is 9.18 Å². The van der Waals surface area contributed by atoms with Crippen molar-refractivity contribution in [3.63, 3.8) is 0 Å². The van der Waals surface area contributed by atoms with E-state index >= 15 is 0 Å². The summed E-state index contributed by atoms with van der Waals surface area (Å²) in [6, 6.07) is 11.4. The third-order valence-corrected chi connectivity index (χ3v) is 3.13. The molecule has 0 saturated heterocycles. The number of aromatic nitrogens is 2. The van der Waals surface area contributed by atoms with Crippen LogP contribution in [0.5, 0.6) is 0 Å². The summed E-state index contributed by atoms with van der Waals surface area (Å²) in [6.45, 7) is 0. The van der Waals surface area contributed by atoms with Crippen LogP contribution in [0.1, 0.15) is 10.4 Å². The minimum atomic E-state index is -0.916. The number of benzene rings is 2. The number of fused-ring (bicyclic) bond motifs is 1. The van der Waals surface area contributed by atoms with Crippen LogP contribution in [0.25, 0.3) is 10.8 Å². The Hall–Kier alpha value is -3.02. The molecule has 6 heteroatoms. The third-order valence-electron chi connectivity index (χ3n) is 3.13. The van der Waals surface area contributed by atoms with Gasteiger partial charge in [-0.2, -0.15) is 4.68 Å². The Balaban J connectivity index is 2.30. The summed E-state index contributed by atoms with van der Waals surface area (Å²) in [5.74, 6) is -1.68. The summed E-state index contributed by atoms with van der Waals surface area (Å²) in [6.07, 6.45) is 0. The highest BCUT2D eigenvalue weighted by atomic mass is 19.1. The minimum Gasteiger partial charge on any atom is -0.267 e. The van der Waals surface area contributed by atoms with Crippen LogP contribution in [0.15, 0.2) is 58.1 Å². The van der Waals surface area contributed by atoms with Crippen molar-refractivity contribution in [1.82, 2.24) is 9.78 Å². The van der Waals surface area contributed by atoms with Crippen molar-refractivity contribution in [2.75, 3.05) is 0 Å². The molecule has 3 rings (SSSR count). The molecule has 1 aromatic heterocycles. The fourth-order valence-electron chi connectivity index (χ4n) is 2.10. The molecule has 0 spiro atoms. The summed E-state index contributed by atoms with van der Waals surface area (Å²) in [5.41, 5.74) is -1.57. The maximum atomic E-state index is 13.6. The number of nitrogens with one attached hydrogen (secondary N) is 1. The fourth-order valence-corrected chi connectivity index (χ4v) is 2.10. The van der Waals surface area contributed by atoms with Gasteiger partial charge in [-0.15, -0.1) is 0 Å². The number of nitrogens with zero attached hydrogens (tertiary/aromatic N) is 1. The second-order valence-electron chi connectivity index (χ2n) is 4.41. The highest BCUT2D eigenvalue weighted by molar-refractivity contribution is 5.96. The second-order valence-corrected chi connectivity index (χ2v) is 4.41. The van der Waals surface area contributed by atoms with E-state index in [0.717, 1.165) is 6.07 Å². The van der Waals surface area contributed by atoms with Crippen LogP contribution in [0.3, 0.4) is 0 Å². The molecule has 3 aromatic rings. The van der Waals surface area contributed by atoms with E-state index in [1.807, 2.05) is 0 Å². The van der Waals surface area contributed by atoms with Gasteiger partial charge < -0.3 is 0 Å². The number of H-pyrrole nitrogens is 1. The zero-order valence-electron chi connectivity index (χ0n) is 10.7. The highest BCUT2D eigenvalue weighted by Crippen LogP contribution is 2.08. The fraction of sp³-hybridized carbons (Fsp3) is 0. The van der Waals surface area contributed by atoms with Gasteiger partial charge >= 0.3 is 0 Å². The van der Waals surface area contributed by atoms with Crippen LogP contribution in [-0.4, -0.2) is 15.7 Å². The SMILES string of the molecule is O=C(c1ccccc1F)n1[nH]c(=O)c2ccccc2c1=O. The Morgan fingerprint density at radius 2 is 1.57 bits per heavy atom. The van der Waals surface area contributed by atoms with E-state index in [9.17, 15) is 18.8 Å². The number of hydrogen-bond donors (Lipinski definition) is 1. The average Bonchev–Trinajstić information content (AvgIpc) is 2.51. The zero-order valence-corrected chi connectivity index (χ0v) is 10.7. The van der Waals surface area contributed by atoms with E-state index in [1.54, 1.807) is 12.1 Å². The van der Waals surface area contributed by atoms with Gasteiger partial charge in [-0.3, -0.25) is 19.5 Å². The summed E-state index contributed by atoms with van der Waals surface area (Å²) in [7, 11) is 0. The van der Waals surface area contributed by atoms with Crippen LogP contribution in [0, 0.1) is 5.82 Å². The van der Waals surface area contributed by atoms with Gasteiger partial charge in [0, 0.05) is 0 Å². The van der Waals surface area contributed by atoms with E-state index in [-0.39, 0.29) is 16.3 Å². The Morgan fingerprint density at radius 3 is 2.29 bits per heavy atom. The quantitative estimate of drug-likeness (QED) is 0.736. The Bertz CT molecular complexity index is 972. The predicted octanol–water partition coefficient (Wildman–Crippen LogP) is 1.52. The van der Waals surface area contributed by atoms with Gasteiger partial charge in [0.05, 0.1) is 16.3 Å². The molecule has 0 aliphatic rings. The summed E-state index contributed by atoms with van der Waals surface area (Å²) < 4.78 is 14.2. The molecule has 2 aromatic carbocycles. The molecule has 1 N–H and O–H groups in total. The van der Waals surface area contributed by atoms with Gasteiger partial charge in [-0.05, 0) is 24.3 Å². The van der Waals surface area contributed by atoms with Crippen LogP contribution >= 0.6 is 0 Å². The molecule has 21 heavy (non-hydrogen) atoms. The number of aromatic amines is 1. The first-order chi connectivity index (χ1) is 10.1. The molecule has 0 aliphatic heterocycles. The molecule has 0 amide bonds. The van der Waals surface area contributed by atoms with Crippen LogP contribution in [0.2, 0.25) is 0 Å². The average molecular weight is 284 g/mol. The van der Waals surface area contributed by atoms with Crippen molar-refractivity contribution in [2.24, 2.45) is 0 Å². The normalized spacial score (nSPS) is 10.7. The van der Waals surface area contributed by atoms with Gasteiger partial charge in [0.1, 0.15) is 5.82 Å². The van der Waals surface area contributed by atoms with Gasteiger partial charge in [0.15, 0.2) is 0 Å². The van der Waals surface area contributed by atoms with Crippen molar-refractivity contribution in [2.45, 2.75) is 0 Å². The molecule has 5 nitrogen and oxygen atoms in total. The molecule has 0 radical (unpaired) electrons. The number of halogens is 1. The lowest BCUT2D eigenvalue weighted by molar-refractivity contribution is 0.0935. The lowest BCUT2D eigenvalue weighted by atomic mass is 10.2. The standard InChI is InChI=1S/C15H9FN2O3/c16-12-8-4-3-7-11(12)15(21)18-14(20)10-6-2-1-5-9(10)13(19)17-18/h1-8H,(H,17,19). The van der Waals surface area contributed by atoms with E-state index in [0.29, 0.717) is 4.68 Å².